The van der Waals surface area contributed by atoms with E-state index >= 15 is 0 Å². The van der Waals surface area contributed by atoms with Crippen molar-refractivity contribution in [3.8, 4) is 0 Å². The Hall–Kier alpha value is -1.29. The van der Waals surface area contributed by atoms with Gasteiger partial charge in [-0.2, -0.15) is 0 Å². The van der Waals surface area contributed by atoms with Crippen molar-refractivity contribution in [2.75, 3.05) is 0 Å². The van der Waals surface area contributed by atoms with Crippen molar-refractivity contribution in [2.45, 2.75) is 43.9 Å². The first-order valence-electron chi connectivity index (χ1n) is 6.85. The van der Waals surface area contributed by atoms with E-state index < -0.39 is 5.92 Å². The van der Waals surface area contributed by atoms with Crippen LogP contribution in [0, 0.1) is 0 Å². The van der Waals surface area contributed by atoms with E-state index in [-0.39, 0.29) is 18.8 Å². The lowest BCUT2D eigenvalue weighted by Crippen LogP contribution is -2.13. The summed E-state index contributed by atoms with van der Waals surface area (Å²) < 4.78 is 26.9. The summed E-state index contributed by atoms with van der Waals surface area (Å²) in [4.78, 5) is 8.88. The largest absolute Gasteiger partial charge is 0.248 e. The van der Waals surface area contributed by atoms with Crippen molar-refractivity contribution in [2.24, 2.45) is 0 Å². The Bertz CT molecular complexity index is 630. The molecule has 1 unspecified atom stereocenters. The van der Waals surface area contributed by atoms with E-state index in [1.54, 1.807) is 0 Å². The first-order valence-corrected chi connectivity index (χ1v) is 7.23. The van der Waals surface area contributed by atoms with Gasteiger partial charge >= 0.3 is 0 Å². The minimum Gasteiger partial charge on any atom is -0.248 e. The van der Waals surface area contributed by atoms with E-state index in [0.717, 1.165) is 11.0 Å². The van der Waals surface area contributed by atoms with Gasteiger partial charge in [-0.25, -0.2) is 18.7 Å². The summed E-state index contributed by atoms with van der Waals surface area (Å²) in [5.41, 5.74) is 2.17. The molecule has 1 saturated carbocycles. The average molecular weight is 297 g/mol. The topological polar surface area (TPSA) is 25.8 Å². The van der Waals surface area contributed by atoms with Crippen LogP contribution in [0.2, 0.25) is 5.15 Å². The number of alkyl halides is 2. The maximum atomic E-state index is 13.4. The van der Waals surface area contributed by atoms with E-state index in [1.807, 2.05) is 24.3 Å². The summed E-state index contributed by atoms with van der Waals surface area (Å²) in [5.74, 6) is -2.57. The van der Waals surface area contributed by atoms with Crippen LogP contribution < -0.4 is 0 Å². The zero-order chi connectivity index (χ0) is 14.2. The molecule has 1 atom stereocenters. The Morgan fingerprint density at radius 2 is 1.75 bits per heavy atom. The lowest BCUT2D eigenvalue weighted by Gasteiger charge is -2.15. The second-order valence-electron chi connectivity index (χ2n) is 5.37. The third kappa shape index (κ3) is 2.75. The van der Waals surface area contributed by atoms with Crippen LogP contribution in [0.4, 0.5) is 8.78 Å². The molecular formula is C15H15ClF2N2. The smallest absolute Gasteiger partial charge is 0.248 e. The predicted octanol–water partition coefficient (Wildman–Crippen LogP) is 4.97. The third-order valence-corrected chi connectivity index (χ3v) is 4.17. The number of hydrogen-bond acceptors (Lipinski definition) is 2. The van der Waals surface area contributed by atoms with Crippen LogP contribution in [0.1, 0.15) is 43.7 Å². The number of halogens is 3. The van der Waals surface area contributed by atoms with Crippen molar-refractivity contribution in [3.63, 3.8) is 0 Å². The second-order valence-corrected chi connectivity index (χ2v) is 5.73. The highest BCUT2D eigenvalue weighted by Crippen LogP contribution is 2.40. The second kappa shape index (κ2) is 5.24. The number of hydrogen-bond donors (Lipinski definition) is 0. The van der Waals surface area contributed by atoms with Crippen LogP contribution in [0.5, 0.6) is 0 Å². The van der Waals surface area contributed by atoms with Crippen molar-refractivity contribution in [1.29, 1.82) is 0 Å². The molecule has 1 heterocycles. The van der Waals surface area contributed by atoms with Gasteiger partial charge in [0.05, 0.1) is 16.7 Å². The monoisotopic (exact) mass is 296 g/mol. The van der Waals surface area contributed by atoms with Gasteiger partial charge in [0, 0.05) is 18.8 Å². The van der Waals surface area contributed by atoms with Crippen LogP contribution >= 0.6 is 11.6 Å². The molecule has 5 heteroatoms. The molecule has 106 valence electrons. The van der Waals surface area contributed by atoms with Gasteiger partial charge in [0.2, 0.25) is 5.92 Å². The molecule has 0 radical (unpaired) electrons. The first kappa shape index (κ1) is 13.7. The Morgan fingerprint density at radius 1 is 1.05 bits per heavy atom. The molecule has 2 nitrogen and oxygen atoms in total. The number of rotatable bonds is 1. The van der Waals surface area contributed by atoms with E-state index in [1.165, 1.54) is 0 Å². The number of benzene rings is 1. The zero-order valence-electron chi connectivity index (χ0n) is 11.0. The zero-order valence-corrected chi connectivity index (χ0v) is 11.7. The summed E-state index contributed by atoms with van der Waals surface area (Å²) in [6.07, 6.45) is 1.48. The van der Waals surface area contributed by atoms with E-state index in [0.29, 0.717) is 30.1 Å². The van der Waals surface area contributed by atoms with Crippen LogP contribution in [0.3, 0.4) is 0 Å². The molecule has 1 aromatic heterocycles. The van der Waals surface area contributed by atoms with Crippen molar-refractivity contribution < 1.29 is 8.78 Å². The van der Waals surface area contributed by atoms with Crippen LogP contribution in [-0.4, -0.2) is 15.9 Å². The van der Waals surface area contributed by atoms with Gasteiger partial charge in [-0.3, -0.25) is 0 Å². The fourth-order valence-electron chi connectivity index (χ4n) is 2.79. The minimum atomic E-state index is -2.55. The van der Waals surface area contributed by atoms with E-state index in [2.05, 4.69) is 9.97 Å². The molecule has 0 amide bonds. The first-order chi connectivity index (χ1) is 9.55. The fraction of sp³-hybridized carbons (Fsp3) is 0.467. The van der Waals surface area contributed by atoms with Gasteiger partial charge in [-0.1, -0.05) is 23.7 Å². The standard InChI is InChI=1S/C15H15ClF2N2/c16-14-13(10-4-3-8-15(17,18)9-7-10)19-11-5-1-2-6-12(11)20-14/h1-2,5-6,10H,3-4,7-9H2. The highest BCUT2D eigenvalue weighted by molar-refractivity contribution is 6.30. The summed E-state index contributed by atoms with van der Waals surface area (Å²) in [7, 11) is 0. The maximum Gasteiger partial charge on any atom is 0.248 e. The Kier molecular flexibility index (Phi) is 3.59. The summed E-state index contributed by atoms with van der Waals surface area (Å²) in [6.45, 7) is 0. The molecule has 1 aliphatic carbocycles. The molecule has 0 N–H and O–H groups in total. The molecule has 0 spiro atoms. The lowest BCUT2D eigenvalue weighted by molar-refractivity contribution is -0.0141. The summed E-state index contributed by atoms with van der Waals surface area (Å²) in [5, 5.41) is 0.346. The number of aromatic nitrogens is 2. The van der Waals surface area contributed by atoms with E-state index in [9.17, 15) is 8.78 Å². The van der Waals surface area contributed by atoms with Gasteiger partial charge in [-0.15, -0.1) is 0 Å². The molecular weight excluding hydrogens is 282 g/mol. The van der Waals surface area contributed by atoms with Crippen LogP contribution in [0.25, 0.3) is 11.0 Å². The molecule has 1 aromatic carbocycles. The van der Waals surface area contributed by atoms with Gasteiger partial charge in [0.25, 0.3) is 0 Å². The highest BCUT2D eigenvalue weighted by atomic mass is 35.5. The quantitative estimate of drug-likeness (QED) is 0.695. The molecule has 0 aliphatic heterocycles. The van der Waals surface area contributed by atoms with Crippen LogP contribution in [-0.2, 0) is 0 Å². The van der Waals surface area contributed by atoms with Gasteiger partial charge in [0.15, 0.2) is 5.15 Å². The van der Waals surface area contributed by atoms with E-state index in [4.69, 9.17) is 11.6 Å². The van der Waals surface area contributed by atoms with Crippen LogP contribution in [0.15, 0.2) is 24.3 Å². The molecule has 3 rings (SSSR count). The van der Waals surface area contributed by atoms with Crippen molar-refractivity contribution in [1.82, 2.24) is 9.97 Å². The number of nitrogens with zero attached hydrogens (tertiary/aromatic N) is 2. The van der Waals surface area contributed by atoms with Gasteiger partial charge in [0.1, 0.15) is 0 Å². The molecule has 0 bridgehead atoms. The van der Waals surface area contributed by atoms with Crippen molar-refractivity contribution >= 4 is 22.6 Å². The molecule has 20 heavy (non-hydrogen) atoms. The molecule has 1 fully saturated rings. The van der Waals surface area contributed by atoms with Gasteiger partial charge in [-0.05, 0) is 31.4 Å². The predicted molar refractivity (Wildman–Crippen MR) is 75.3 cm³/mol. The minimum absolute atomic E-state index is 0.0204. The van der Waals surface area contributed by atoms with Crippen molar-refractivity contribution in [3.05, 3.63) is 35.1 Å². The average Bonchev–Trinajstić information content (AvgIpc) is 2.59. The number of para-hydroxylation sites is 2. The number of fused-ring (bicyclic) bond motifs is 1. The fourth-order valence-corrected chi connectivity index (χ4v) is 3.07. The Balaban J connectivity index is 1.95. The molecule has 0 saturated heterocycles. The SMILES string of the molecule is FC1(F)CCCC(c2nc3ccccc3nc2Cl)CC1. The highest BCUT2D eigenvalue weighted by Gasteiger charge is 2.34. The maximum absolute atomic E-state index is 13.4. The summed E-state index contributed by atoms with van der Waals surface area (Å²) in [6, 6.07) is 7.47. The Morgan fingerprint density at radius 3 is 2.50 bits per heavy atom. The normalized spacial score (nSPS) is 22.6. The third-order valence-electron chi connectivity index (χ3n) is 3.89. The lowest BCUT2D eigenvalue weighted by atomic mass is 9.96. The molecule has 2 aromatic rings. The summed E-state index contributed by atoms with van der Waals surface area (Å²) >= 11 is 6.20. The Labute approximate surface area is 121 Å². The molecule has 1 aliphatic rings. The van der Waals surface area contributed by atoms with Gasteiger partial charge < -0.3 is 0 Å².